The van der Waals surface area contributed by atoms with E-state index < -0.39 is 0 Å². The normalized spacial score (nSPS) is 31.4. The summed E-state index contributed by atoms with van der Waals surface area (Å²) in [6.45, 7) is 6.27. The number of piperidine rings is 2. The number of nitrogens with zero attached hydrogens (tertiary/aromatic N) is 3. The number of hydrogen-bond donors (Lipinski definition) is 0. The van der Waals surface area contributed by atoms with Gasteiger partial charge < -0.3 is 9.38 Å². The number of aromatic nitrogens is 1. The van der Waals surface area contributed by atoms with Crippen LogP contribution in [0.2, 0.25) is 0 Å². The lowest BCUT2D eigenvalue weighted by atomic mass is 9.69. The molecule has 2 fully saturated rings. The van der Waals surface area contributed by atoms with Crippen molar-refractivity contribution in [1.82, 2.24) is 4.98 Å². The summed E-state index contributed by atoms with van der Waals surface area (Å²) in [6.07, 6.45) is 12.0. The number of anilines is 1. The molecule has 2 atom stereocenters. The minimum Gasteiger partial charge on any atom is -0.368 e. The van der Waals surface area contributed by atoms with Crippen LogP contribution in [-0.4, -0.2) is 49.2 Å². The molecule has 0 bridgehead atoms. The Bertz CT molecular complexity index is 485. The highest BCUT2D eigenvalue weighted by Gasteiger charge is 2.45. The van der Waals surface area contributed by atoms with Crippen LogP contribution in [0.1, 0.15) is 45.4 Å². The third kappa shape index (κ3) is 3.29. The second kappa shape index (κ2) is 6.19. The molecule has 2 aliphatic heterocycles. The fraction of sp³-hybridized carbons (Fsp3) is 0.737. The maximum atomic E-state index is 4.18. The first-order valence-corrected chi connectivity index (χ1v) is 9.02. The van der Waals surface area contributed by atoms with E-state index in [1.807, 2.05) is 12.4 Å². The van der Waals surface area contributed by atoms with Crippen LogP contribution in [0.3, 0.4) is 0 Å². The molecule has 0 aliphatic carbocycles. The lowest BCUT2D eigenvalue weighted by Gasteiger charge is -2.52. The summed E-state index contributed by atoms with van der Waals surface area (Å²) in [5, 5.41) is 0. The van der Waals surface area contributed by atoms with E-state index in [0.29, 0.717) is 11.5 Å². The number of likely N-dealkylation sites (tertiary alicyclic amines) is 1. The molecule has 2 aliphatic rings. The molecule has 2 saturated heterocycles. The molecule has 2 unspecified atom stereocenters. The molecule has 1 aromatic rings. The van der Waals surface area contributed by atoms with E-state index in [-0.39, 0.29) is 0 Å². The minimum atomic E-state index is 0.588. The third-order valence-corrected chi connectivity index (χ3v) is 5.84. The highest BCUT2D eigenvalue weighted by molar-refractivity contribution is 5.46. The lowest BCUT2D eigenvalue weighted by molar-refractivity contribution is -0.903. The van der Waals surface area contributed by atoms with Gasteiger partial charge in [-0.05, 0) is 44.2 Å². The number of quaternary nitrogens is 1. The average molecular weight is 302 g/mol. The number of pyridine rings is 1. The molecule has 122 valence electrons. The minimum absolute atomic E-state index is 0.588. The van der Waals surface area contributed by atoms with E-state index >= 15 is 0 Å². The molecule has 0 amide bonds. The monoisotopic (exact) mass is 302 g/mol. The van der Waals surface area contributed by atoms with Crippen molar-refractivity contribution in [3.63, 3.8) is 0 Å². The quantitative estimate of drug-likeness (QED) is 0.791. The van der Waals surface area contributed by atoms with E-state index in [9.17, 15) is 0 Å². The van der Waals surface area contributed by atoms with Crippen molar-refractivity contribution in [2.75, 3.05) is 38.6 Å². The SMILES string of the molecule is CCCC1CC2(CCC[N+](C)(C)C2)CCN1c1ccncc1. The van der Waals surface area contributed by atoms with Crippen molar-refractivity contribution in [3.05, 3.63) is 24.5 Å². The van der Waals surface area contributed by atoms with Crippen molar-refractivity contribution in [2.45, 2.75) is 51.5 Å². The van der Waals surface area contributed by atoms with Gasteiger partial charge in [0.1, 0.15) is 0 Å². The summed E-state index contributed by atoms with van der Waals surface area (Å²) in [6, 6.07) is 5.07. The van der Waals surface area contributed by atoms with Crippen LogP contribution in [0.4, 0.5) is 5.69 Å². The lowest BCUT2D eigenvalue weighted by Crippen LogP contribution is -2.58. The molecule has 3 heterocycles. The van der Waals surface area contributed by atoms with Gasteiger partial charge in [0, 0.05) is 36.1 Å². The van der Waals surface area contributed by atoms with Crippen LogP contribution >= 0.6 is 0 Å². The zero-order chi connectivity index (χ0) is 15.6. The van der Waals surface area contributed by atoms with Gasteiger partial charge in [0.05, 0.1) is 27.2 Å². The Morgan fingerprint density at radius 1 is 1.27 bits per heavy atom. The number of hydrogen-bond acceptors (Lipinski definition) is 2. The van der Waals surface area contributed by atoms with Crippen LogP contribution in [0.25, 0.3) is 0 Å². The highest BCUT2D eigenvalue weighted by Crippen LogP contribution is 2.45. The van der Waals surface area contributed by atoms with Crippen molar-refractivity contribution < 1.29 is 4.48 Å². The Morgan fingerprint density at radius 3 is 2.73 bits per heavy atom. The molecule has 3 nitrogen and oxygen atoms in total. The van der Waals surface area contributed by atoms with Gasteiger partial charge in [-0.3, -0.25) is 4.98 Å². The van der Waals surface area contributed by atoms with Gasteiger partial charge in [-0.1, -0.05) is 13.3 Å². The molecule has 3 rings (SSSR count). The largest absolute Gasteiger partial charge is 0.368 e. The summed E-state index contributed by atoms with van der Waals surface area (Å²) in [7, 11) is 4.84. The molecular formula is C19H32N3+. The molecule has 1 spiro atoms. The maximum Gasteiger partial charge on any atom is 0.0841 e. The van der Waals surface area contributed by atoms with E-state index in [1.54, 1.807) is 0 Å². The van der Waals surface area contributed by atoms with E-state index in [0.717, 1.165) is 0 Å². The maximum absolute atomic E-state index is 4.18. The second-order valence-corrected chi connectivity index (χ2v) is 8.22. The molecule has 0 saturated carbocycles. The smallest absolute Gasteiger partial charge is 0.0841 e. The van der Waals surface area contributed by atoms with Gasteiger partial charge in [0.15, 0.2) is 0 Å². The van der Waals surface area contributed by atoms with Crippen molar-refractivity contribution in [3.8, 4) is 0 Å². The van der Waals surface area contributed by atoms with Crippen LogP contribution in [-0.2, 0) is 0 Å². The standard InChI is InChI=1S/C19H32N3/c1-4-6-18-15-19(9-5-14-22(2,3)16-19)10-13-21(18)17-7-11-20-12-8-17/h7-8,11-12,18H,4-6,9-10,13-16H2,1-3H3/q+1. The predicted molar refractivity (Wildman–Crippen MR) is 93.0 cm³/mol. The summed E-state index contributed by atoms with van der Waals surface area (Å²) < 4.78 is 1.22. The van der Waals surface area contributed by atoms with Crippen molar-refractivity contribution in [2.24, 2.45) is 5.41 Å². The Morgan fingerprint density at radius 2 is 2.05 bits per heavy atom. The molecule has 0 radical (unpaired) electrons. The fourth-order valence-corrected chi connectivity index (χ4v) is 5.04. The molecule has 0 N–H and O–H groups in total. The highest BCUT2D eigenvalue weighted by atomic mass is 15.3. The molecule has 3 heteroatoms. The van der Waals surface area contributed by atoms with E-state index in [1.165, 1.54) is 68.3 Å². The van der Waals surface area contributed by atoms with Gasteiger partial charge in [0.25, 0.3) is 0 Å². The first-order chi connectivity index (χ1) is 10.5. The van der Waals surface area contributed by atoms with Gasteiger partial charge in [-0.25, -0.2) is 0 Å². The average Bonchev–Trinajstić information content (AvgIpc) is 2.47. The van der Waals surface area contributed by atoms with Gasteiger partial charge >= 0.3 is 0 Å². The number of rotatable bonds is 3. The summed E-state index contributed by atoms with van der Waals surface area (Å²) in [5.41, 5.74) is 1.96. The predicted octanol–water partition coefficient (Wildman–Crippen LogP) is 3.71. The van der Waals surface area contributed by atoms with E-state index in [4.69, 9.17) is 0 Å². The van der Waals surface area contributed by atoms with Crippen molar-refractivity contribution >= 4 is 5.69 Å². The van der Waals surface area contributed by atoms with Gasteiger partial charge in [0.2, 0.25) is 0 Å². The topological polar surface area (TPSA) is 16.1 Å². The summed E-state index contributed by atoms with van der Waals surface area (Å²) in [4.78, 5) is 6.84. The fourth-order valence-electron chi connectivity index (χ4n) is 5.04. The first-order valence-electron chi connectivity index (χ1n) is 9.02. The molecular weight excluding hydrogens is 270 g/mol. The van der Waals surface area contributed by atoms with Crippen LogP contribution in [0.15, 0.2) is 24.5 Å². The van der Waals surface area contributed by atoms with Gasteiger partial charge in [-0.2, -0.15) is 0 Å². The van der Waals surface area contributed by atoms with Crippen LogP contribution in [0, 0.1) is 5.41 Å². The Kier molecular flexibility index (Phi) is 4.44. The summed E-state index contributed by atoms with van der Waals surface area (Å²) >= 11 is 0. The molecule has 22 heavy (non-hydrogen) atoms. The zero-order valence-electron chi connectivity index (χ0n) is 14.6. The van der Waals surface area contributed by atoms with Crippen molar-refractivity contribution in [1.29, 1.82) is 0 Å². The second-order valence-electron chi connectivity index (χ2n) is 8.22. The Balaban J connectivity index is 1.79. The van der Waals surface area contributed by atoms with Crippen LogP contribution in [0.5, 0.6) is 0 Å². The van der Waals surface area contributed by atoms with Gasteiger partial charge in [-0.15, -0.1) is 0 Å². The van der Waals surface area contributed by atoms with E-state index in [2.05, 4.69) is 43.0 Å². The summed E-state index contributed by atoms with van der Waals surface area (Å²) in [5.74, 6) is 0. The Labute approximate surface area is 135 Å². The zero-order valence-corrected chi connectivity index (χ0v) is 14.6. The first kappa shape index (κ1) is 15.8. The Hall–Kier alpha value is -1.09. The van der Waals surface area contributed by atoms with Crippen LogP contribution < -0.4 is 4.90 Å². The molecule has 0 aromatic carbocycles. The molecule has 1 aromatic heterocycles. The third-order valence-electron chi connectivity index (χ3n) is 5.84.